The quantitative estimate of drug-likeness (QED) is 0.673. The molecule has 98 valence electrons. The maximum Gasteiger partial charge on any atom is 0.356 e. The minimum absolute atomic E-state index is 0.0341. The molecule has 0 atom stereocenters. The lowest BCUT2D eigenvalue weighted by Crippen LogP contribution is -2.03. The van der Waals surface area contributed by atoms with Crippen molar-refractivity contribution in [1.82, 2.24) is 9.78 Å². The van der Waals surface area contributed by atoms with E-state index in [0.29, 0.717) is 16.8 Å². The van der Waals surface area contributed by atoms with Crippen LogP contribution in [-0.4, -0.2) is 25.8 Å². The number of carboxylic acids is 1. The first kappa shape index (κ1) is 12.7. The van der Waals surface area contributed by atoms with Gasteiger partial charge in [0.2, 0.25) is 0 Å². The van der Waals surface area contributed by atoms with Crippen molar-refractivity contribution in [2.24, 2.45) is 0 Å². The van der Waals surface area contributed by atoms with Gasteiger partial charge in [0.05, 0.1) is 10.6 Å². The lowest BCUT2D eigenvalue weighted by atomic mass is 10.1. The van der Waals surface area contributed by atoms with Crippen molar-refractivity contribution < 1.29 is 14.8 Å². The fraction of sp³-hybridized carbons (Fsp3) is 0.167. The molecule has 0 aliphatic carbocycles. The molecular weight excluding hydrogens is 250 g/mol. The monoisotopic (exact) mass is 261 g/mol. The Kier molecular flexibility index (Phi) is 3.04. The van der Waals surface area contributed by atoms with Crippen molar-refractivity contribution in [3.8, 4) is 5.69 Å². The fourth-order valence-electron chi connectivity index (χ4n) is 1.80. The zero-order valence-electron chi connectivity index (χ0n) is 10.3. The fourth-order valence-corrected chi connectivity index (χ4v) is 1.80. The topological polar surface area (TPSA) is 98.3 Å². The van der Waals surface area contributed by atoms with Crippen LogP contribution >= 0.6 is 0 Å². The molecule has 0 aliphatic heterocycles. The first-order chi connectivity index (χ1) is 8.90. The highest BCUT2D eigenvalue weighted by Gasteiger charge is 2.15. The largest absolute Gasteiger partial charge is 0.476 e. The number of aryl methyl sites for hydroxylation is 2. The van der Waals surface area contributed by atoms with Crippen LogP contribution in [0.1, 0.15) is 21.6 Å². The standard InChI is InChI=1S/C12H11N3O4/c1-7-6-11(15(18)19)8(2)5-10(7)14-4-3-9(13-14)12(16)17/h3-6H,1-2H3,(H,16,17). The van der Waals surface area contributed by atoms with Gasteiger partial charge in [-0.1, -0.05) is 0 Å². The number of nitro benzene ring substituents is 1. The molecule has 7 nitrogen and oxygen atoms in total. The summed E-state index contributed by atoms with van der Waals surface area (Å²) in [5.41, 5.74) is 1.73. The maximum atomic E-state index is 10.8. The van der Waals surface area contributed by atoms with Crippen molar-refractivity contribution >= 4 is 11.7 Å². The van der Waals surface area contributed by atoms with Gasteiger partial charge < -0.3 is 5.11 Å². The average molecular weight is 261 g/mol. The molecule has 7 heteroatoms. The summed E-state index contributed by atoms with van der Waals surface area (Å²) in [6, 6.07) is 4.44. The highest BCUT2D eigenvalue weighted by molar-refractivity contribution is 5.85. The van der Waals surface area contributed by atoms with Crippen LogP contribution in [0.5, 0.6) is 0 Å². The molecule has 0 radical (unpaired) electrons. The van der Waals surface area contributed by atoms with Crippen LogP contribution in [0.3, 0.4) is 0 Å². The Bertz CT molecular complexity index is 676. The van der Waals surface area contributed by atoms with Crippen LogP contribution in [0.25, 0.3) is 5.69 Å². The van der Waals surface area contributed by atoms with Gasteiger partial charge in [-0.3, -0.25) is 10.1 Å². The number of hydrogen-bond acceptors (Lipinski definition) is 4. The van der Waals surface area contributed by atoms with Gasteiger partial charge in [-0.2, -0.15) is 5.10 Å². The number of aromatic nitrogens is 2. The molecule has 1 heterocycles. The third-order valence-corrected chi connectivity index (χ3v) is 2.77. The smallest absolute Gasteiger partial charge is 0.356 e. The molecule has 2 aromatic rings. The van der Waals surface area contributed by atoms with Crippen LogP contribution in [0.2, 0.25) is 0 Å². The maximum absolute atomic E-state index is 10.8. The molecule has 0 spiro atoms. The Labute approximate surface area is 108 Å². The van der Waals surface area contributed by atoms with E-state index in [-0.39, 0.29) is 11.4 Å². The number of nitrogens with zero attached hydrogens (tertiary/aromatic N) is 3. The summed E-state index contributed by atoms with van der Waals surface area (Å²) in [6.07, 6.45) is 1.51. The predicted octanol–water partition coefficient (Wildman–Crippen LogP) is 2.10. The molecule has 0 bridgehead atoms. The number of aromatic carboxylic acids is 1. The minimum Gasteiger partial charge on any atom is -0.476 e. The van der Waals surface area contributed by atoms with E-state index in [9.17, 15) is 14.9 Å². The third kappa shape index (κ3) is 2.30. The summed E-state index contributed by atoms with van der Waals surface area (Å²) in [5.74, 6) is -1.12. The zero-order valence-corrected chi connectivity index (χ0v) is 10.3. The number of rotatable bonds is 3. The van der Waals surface area contributed by atoms with E-state index in [1.807, 2.05) is 0 Å². The number of benzene rings is 1. The third-order valence-electron chi connectivity index (χ3n) is 2.77. The van der Waals surface area contributed by atoms with E-state index in [1.165, 1.54) is 23.0 Å². The normalized spacial score (nSPS) is 10.4. The first-order valence-corrected chi connectivity index (χ1v) is 5.45. The second-order valence-electron chi connectivity index (χ2n) is 4.13. The molecule has 1 aromatic heterocycles. The molecule has 1 aromatic carbocycles. The van der Waals surface area contributed by atoms with Crippen molar-refractivity contribution in [3.05, 3.63) is 51.3 Å². The van der Waals surface area contributed by atoms with Crippen molar-refractivity contribution in [1.29, 1.82) is 0 Å². The van der Waals surface area contributed by atoms with E-state index in [1.54, 1.807) is 19.9 Å². The van der Waals surface area contributed by atoms with Gasteiger partial charge in [-0.05, 0) is 31.5 Å². The Morgan fingerprint density at radius 3 is 2.58 bits per heavy atom. The van der Waals surface area contributed by atoms with Gasteiger partial charge in [0.25, 0.3) is 5.69 Å². The zero-order chi connectivity index (χ0) is 14.2. The minimum atomic E-state index is -1.12. The lowest BCUT2D eigenvalue weighted by Gasteiger charge is -2.07. The summed E-state index contributed by atoms with van der Waals surface area (Å²) < 4.78 is 1.40. The van der Waals surface area contributed by atoms with Crippen molar-refractivity contribution in [2.45, 2.75) is 13.8 Å². The molecular formula is C12H11N3O4. The molecule has 0 saturated carbocycles. The predicted molar refractivity (Wildman–Crippen MR) is 66.7 cm³/mol. The van der Waals surface area contributed by atoms with E-state index < -0.39 is 10.9 Å². The summed E-state index contributed by atoms with van der Waals surface area (Å²) in [7, 11) is 0. The molecule has 0 unspecified atom stereocenters. The number of nitro groups is 1. The van der Waals surface area contributed by atoms with E-state index in [2.05, 4.69) is 5.10 Å². The van der Waals surface area contributed by atoms with Crippen LogP contribution in [0, 0.1) is 24.0 Å². The Balaban J connectivity index is 2.53. The average Bonchev–Trinajstić information content (AvgIpc) is 2.80. The van der Waals surface area contributed by atoms with Crippen LogP contribution < -0.4 is 0 Å². The summed E-state index contributed by atoms with van der Waals surface area (Å²) in [4.78, 5) is 21.1. The lowest BCUT2D eigenvalue weighted by molar-refractivity contribution is -0.385. The van der Waals surface area contributed by atoms with Gasteiger partial charge in [0.1, 0.15) is 0 Å². The SMILES string of the molecule is Cc1cc([N+](=O)[O-])c(C)cc1-n1ccc(C(=O)O)n1. The molecule has 0 aliphatic rings. The van der Waals surface area contributed by atoms with E-state index in [0.717, 1.165) is 0 Å². The highest BCUT2D eigenvalue weighted by Crippen LogP contribution is 2.24. The molecule has 1 N–H and O–H groups in total. The highest BCUT2D eigenvalue weighted by atomic mass is 16.6. The Hall–Kier alpha value is -2.70. The second kappa shape index (κ2) is 4.52. The van der Waals surface area contributed by atoms with Gasteiger partial charge in [0, 0.05) is 17.8 Å². The van der Waals surface area contributed by atoms with Gasteiger partial charge in [-0.25, -0.2) is 9.48 Å². The Morgan fingerprint density at radius 2 is 2.05 bits per heavy atom. The summed E-state index contributed by atoms with van der Waals surface area (Å²) >= 11 is 0. The number of hydrogen-bond donors (Lipinski definition) is 1. The molecule has 2 rings (SSSR count). The molecule has 19 heavy (non-hydrogen) atoms. The molecule has 0 amide bonds. The van der Waals surface area contributed by atoms with Crippen LogP contribution in [0.15, 0.2) is 24.4 Å². The van der Waals surface area contributed by atoms with Gasteiger partial charge in [0.15, 0.2) is 5.69 Å². The van der Waals surface area contributed by atoms with Crippen molar-refractivity contribution in [3.63, 3.8) is 0 Å². The number of carboxylic acid groups (broad SMARTS) is 1. The van der Waals surface area contributed by atoms with Crippen molar-refractivity contribution in [2.75, 3.05) is 0 Å². The van der Waals surface area contributed by atoms with Gasteiger partial charge >= 0.3 is 5.97 Å². The van der Waals surface area contributed by atoms with Gasteiger partial charge in [-0.15, -0.1) is 0 Å². The summed E-state index contributed by atoms with van der Waals surface area (Å²) in [5, 5.41) is 23.5. The molecule has 0 fully saturated rings. The molecule has 0 saturated heterocycles. The van der Waals surface area contributed by atoms with Crippen LogP contribution in [-0.2, 0) is 0 Å². The first-order valence-electron chi connectivity index (χ1n) is 5.45. The second-order valence-corrected chi connectivity index (χ2v) is 4.13. The summed E-state index contributed by atoms with van der Waals surface area (Å²) in [6.45, 7) is 3.34. The van der Waals surface area contributed by atoms with E-state index >= 15 is 0 Å². The Morgan fingerprint density at radius 1 is 1.37 bits per heavy atom. The number of carbonyl (C=O) groups is 1. The van der Waals surface area contributed by atoms with Crippen LogP contribution in [0.4, 0.5) is 5.69 Å². The van der Waals surface area contributed by atoms with E-state index in [4.69, 9.17) is 5.11 Å².